The fourth-order valence-corrected chi connectivity index (χ4v) is 4.95. The SMILES string of the molecule is CON=C(c1ccccc1)c1ccc2c(c1)C(C)(C)CCN2CCOc1ccc(CC(OC(C)=O)C(=O)O)cc1. The van der Waals surface area contributed by atoms with Crippen LogP contribution in [-0.4, -0.2) is 55.7 Å². The van der Waals surface area contributed by atoms with Gasteiger partial charge in [0, 0.05) is 36.7 Å². The van der Waals surface area contributed by atoms with E-state index in [0.29, 0.717) is 12.4 Å². The molecule has 0 amide bonds. The molecule has 0 saturated carbocycles. The van der Waals surface area contributed by atoms with E-state index in [-0.39, 0.29) is 11.8 Å². The Labute approximate surface area is 235 Å². The highest BCUT2D eigenvalue weighted by Crippen LogP contribution is 2.40. The second-order valence-electron chi connectivity index (χ2n) is 10.5. The van der Waals surface area contributed by atoms with E-state index >= 15 is 0 Å². The van der Waals surface area contributed by atoms with Crippen LogP contribution in [0.4, 0.5) is 5.69 Å². The molecular weight excluding hydrogens is 508 g/mol. The van der Waals surface area contributed by atoms with Crippen molar-refractivity contribution in [2.45, 2.75) is 45.1 Å². The maximum absolute atomic E-state index is 11.4. The minimum atomic E-state index is -1.21. The van der Waals surface area contributed by atoms with E-state index in [4.69, 9.17) is 14.3 Å². The first-order valence-electron chi connectivity index (χ1n) is 13.4. The summed E-state index contributed by atoms with van der Waals surface area (Å²) >= 11 is 0. The fourth-order valence-electron chi connectivity index (χ4n) is 4.95. The van der Waals surface area contributed by atoms with Crippen molar-refractivity contribution >= 4 is 23.3 Å². The summed E-state index contributed by atoms with van der Waals surface area (Å²) in [5.74, 6) is -1.10. The van der Waals surface area contributed by atoms with Gasteiger partial charge in [0.1, 0.15) is 25.2 Å². The largest absolute Gasteiger partial charge is 0.492 e. The number of oxime groups is 1. The molecule has 0 saturated heterocycles. The molecule has 0 aromatic heterocycles. The smallest absolute Gasteiger partial charge is 0.345 e. The lowest BCUT2D eigenvalue weighted by Gasteiger charge is -2.40. The summed E-state index contributed by atoms with van der Waals surface area (Å²) < 4.78 is 10.9. The molecule has 1 aliphatic heterocycles. The monoisotopic (exact) mass is 544 g/mol. The average Bonchev–Trinajstić information content (AvgIpc) is 2.93. The molecule has 40 heavy (non-hydrogen) atoms. The number of esters is 1. The molecule has 1 N–H and O–H groups in total. The Morgan fingerprint density at radius 2 is 1.75 bits per heavy atom. The van der Waals surface area contributed by atoms with E-state index in [1.54, 1.807) is 19.2 Å². The van der Waals surface area contributed by atoms with Gasteiger partial charge in [0.05, 0.1) is 6.54 Å². The molecule has 3 aromatic rings. The van der Waals surface area contributed by atoms with Crippen molar-refractivity contribution in [3.8, 4) is 5.75 Å². The average molecular weight is 545 g/mol. The van der Waals surface area contributed by atoms with Gasteiger partial charge in [0.2, 0.25) is 6.10 Å². The molecule has 210 valence electrons. The first-order valence-corrected chi connectivity index (χ1v) is 13.4. The molecular formula is C32H36N2O6. The zero-order valence-corrected chi connectivity index (χ0v) is 23.4. The number of rotatable bonds is 11. The molecule has 0 radical (unpaired) electrons. The Morgan fingerprint density at radius 1 is 1.02 bits per heavy atom. The van der Waals surface area contributed by atoms with Gasteiger partial charge in [-0.1, -0.05) is 67.5 Å². The van der Waals surface area contributed by atoms with Crippen LogP contribution in [0.25, 0.3) is 0 Å². The summed E-state index contributed by atoms with van der Waals surface area (Å²) in [4.78, 5) is 30.1. The summed E-state index contributed by atoms with van der Waals surface area (Å²) in [6.45, 7) is 7.88. The molecule has 0 fully saturated rings. The topological polar surface area (TPSA) is 97.7 Å². The minimum absolute atomic E-state index is 0.00726. The van der Waals surface area contributed by atoms with Gasteiger partial charge in [-0.3, -0.25) is 4.79 Å². The number of carboxylic acid groups (broad SMARTS) is 1. The molecule has 1 atom stereocenters. The maximum Gasteiger partial charge on any atom is 0.345 e. The molecule has 8 heteroatoms. The molecule has 3 aromatic carbocycles. The third-order valence-electron chi connectivity index (χ3n) is 7.13. The molecule has 1 heterocycles. The highest BCUT2D eigenvalue weighted by Gasteiger charge is 2.32. The van der Waals surface area contributed by atoms with Crippen LogP contribution in [0.5, 0.6) is 5.75 Å². The Bertz CT molecular complexity index is 1350. The Balaban J connectivity index is 1.43. The van der Waals surface area contributed by atoms with Gasteiger partial charge in [-0.25, -0.2) is 4.79 Å². The van der Waals surface area contributed by atoms with E-state index in [0.717, 1.165) is 41.9 Å². The van der Waals surface area contributed by atoms with Gasteiger partial charge < -0.3 is 24.3 Å². The lowest BCUT2D eigenvalue weighted by Crippen LogP contribution is -2.39. The molecule has 1 unspecified atom stereocenters. The highest BCUT2D eigenvalue weighted by molar-refractivity contribution is 6.13. The summed E-state index contributed by atoms with van der Waals surface area (Å²) in [5, 5.41) is 13.6. The third kappa shape index (κ3) is 7.00. The van der Waals surface area contributed by atoms with Crippen molar-refractivity contribution in [3.05, 3.63) is 95.1 Å². The van der Waals surface area contributed by atoms with Crippen LogP contribution >= 0.6 is 0 Å². The van der Waals surface area contributed by atoms with Crippen molar-refractivity contribution < 1.29 is 29.0 Å². The van der Waals surface area contributed by atoms with E-state index in [9.17, 15) is 14.7 Å². The zero-order valence-electron chi connectivity index (χ0n) is 23.4. The van der Waals surface area contributed by atoms with E-state index < -0.39 is 18.0 Å². The normalized spacial score (nSPS) is 15.1. The summed E-state index contributed by atoms with van der Waals surface area (Å²) in [5.41, 5.74) is 6.02. The van der Waals surface area contributed by atoms with Gasteiger partial charge in [-0.15, -0.1) is 0 Å². The first-order chi connectivity index (χ1) is 19.2. The van der Waals surface area contributed by atoms with Gasteiger partial charge in [0.25, 0.3) is 0 Å². The number of fused-ring (bicyclic) bond motifs is 1. The molecule has 0 bridgehead atoms. The van der Waals surface area contributed by atoms with Crippen LogP contribution in [0.3, 0.4) is 0 Å². The Morgan fingerprint density at radius 3 is 2.40 bits per heavy atom. The third-order valence-corrected chi connectivity index (χ3v) is 7.13. The van der Waals surface area contributed by atoms with E-state index in [2.05, 4.69) is 42.1 Å². The van der Waals surface area contributed by atoms with E-state index in [1.807, 2.05) is 42.5 Å². The number of nitrogens with zero attached hydrogens (tertiary/aromatic N) is 2. The number of ether oxygens (including phenoxy) is 2. The van der Waals surface area contributed by atoms with Crippen LogP contribution < -0.4 is 9.64 Å². The van der Waals surface area contributed by atoms with Crippen LogP contribution in [0.2, 0.25) is 0 Å². The predicted molar refractivity (Wildman–Crippen MR) is 154 cm³/mol. The summed E-state index contributed by atoms with van der Waals surface area (Å²) in [6, 6.07) is 23.7. The number of hydrogen-bond acceptors (Lipinski definition) is 7. The van der Waals surface area contributed by atoms with Crippen molar-refractivity contribution in [3.63, 3.8) is 0 Å². The predicted octanol–water partition coefficient (Wildman–Crippen LogP) is 5.21. The zero-order chi connectivity index (χ0) is 28.7. The van der Waals surface area contributed by atoms with Crippen molar-refractivity contribution in [2.75, 3.05) is 31.7 Å². The number of hydrogen-bond donors (Lipinski definition) is 1. The summed E-state index contributed by atoms with van der Waals surface area (Å²) in [7, 11) is 1.57. The Kier molecular flexibility index (Phi) is 9.09. The number of benzene rings is 3. The number of carbonyl (C=O) groups excluding carboxylic acids is 1. The molecule has 0 aliphatic carbocycles. The Hall–Kier alpha value is -4.33. The quantitative estimate of drug-likeness (QED) is 0.201. The van der Waals surface area contributed by atoms with Gasteiger partial charge >= 0.3 is 11.9 Å². The number of carbonyl (C=O) groups is 2. The fraction of sp³-hybridized carbons (Fsp3) is 0.344. The van der Waals surface area contributed by atoms with Crippen LogP contribution in [-0.2, 0) is 31.0 Å². The number of carboxylic acids is 1. The van der Waals surface area contributed by atoms with Crippen molar-refractivity contribution in [1.29, 1.82) is 0 Å². The van der Waals surface area contributed by atoms with Gasteiger partial charge in [0.15, 0.2) is 0 Å². The van der Waals surface area contributed by atoms with Crippen molar-refractivity contribution in [2.24, 2.45) is 5.16 Å². The highest BCUT2D eigenvalue weighted by atomic mass is 16.6. The molecule has 0 spiro atoms. The lowest BCUT2D eigenvalue weighted by atomic mass is 9.76. The van der Waals surface area contributed by atoms with Gasteiger partial charge in [-0.2, -0.15) is 0 Å². The van der Waals surface area contributed by atoms with Gasteiger partial charge in [-0.05, 0) is 47.2 Å². The number of anilines is 1. The molecule has 1 aliphatic rings. The van der Waals surface area contributed by atoms with Crippen LogP contribution in [0.1, 0.15) is 49.4 Å². The van der Waals surface area contributed by atoms with E-state index in [1.165, 1.54) is 18.2 Å². The molecule has 4 rings (SSSR count). The molecule has 8 nitrogen and oxygen atoms in total. The second kappa shape index (κ2) is 12.7. The summed E-state index contributed by atoms with van der Waals surface area (Å²) in [6.07, 6.45) is -0.107. The second-order valence-corrected chi connectivity index (χ2v) is 10.5. The van der Waals surface area contributed by atoms with Crippen molar-refractivity contribution in [1.82, 2.24) is 0 Å². The standard InChI is InChI=1S/C32H36N2O6/c1-22(35)40-29(31(36)37)20-23-10-13-26(14-11-23)39-19-18-34-17-16-32(2,3)27-21-25(12-15-28(27)34)30(33-38-4)24-8-6-5-7-9-24/h5-15,21,29H,16-20H2,1-4H3,(H,36,37). The maximum atomic E-state index is 11.4. The first kappa shape index (κ1) is 28.7. The van der Waals surface area contributed by atoms with Crippen LogP contribution in [0, 0.1) is 0 Å². The van der Waals surface area contributed by atoms with Crippen LogP contribution in [0.15, 0.2) is 78.0 Å². The lowest BCUT2D eigenvalue weighted by molar-refractivity contribution is -0.162. The minimum Gasteiger partial charge on any atom is -0.492 e. The number of aliphatic carboxylic acids is 1.